The maximum Gasteiger partial charge on any atom is 0.371 e. The lowest BCUT2D eigenvalue weighted by Gasteiger charge is -2.13. The predicted octanol–water partition coefficient (Wildman–Crippen LogP) is 4.02. The first kappa shape index (κ1) is 25.9. The number of hydrogen-bond donors (Lipinski definition) is 0. The molecule has 186 valence electrons. The Morgan fingerprint density at radius 3 is 2.40 bits per heavy atom. The molecular weight excluding hydrogens is 457 g/mol. The van der Waals surface area contributed by atoms with Gasteiger partial charge in [0.2, 0.25) is 6.79 Å². The molecule has 1 saturated heterocycles. The van der Waals surface area contributed by atoms with Gasteiger partial charge >= 0.3 is 17.5 Å². The molecule has 0 amide bonds. The average Bonchev–Trinajstić information content (AvgIpc) is 2.93. The van der Waals surface area contributed by atoms with E-state index >= 15 is 0 Å². The van der Waals surface area contributed by atoms with Crippen molar-refractivity contribution in [2.24, 2.45) is 0 Å². The van der Waals surface area contributed by atoms with Crippen molar-refractivity contribution in [3.63, 3.8) is 0 Å². The molecule has 0 radical (unpaired) electrons. The van der Waals surface area contributed by atoms with E-state index in [1.165, 1.54) is 0 Å². The maximum absolute atomic E-state index is 11.8. The summed E-state index contributed by atoms with van der Waals surface area (Å²) in [6, 6.07) is 17.3. The predicted molar refractivity (Wildman–Crippen MR) is 127 cm³/mol. The van der Waals surface area contributed by atoms with E-state index in [0.717, 1.165) is 11.1 Å². The van der Waals surface area contributed by atoms with Crippen LogP contribution in [0.5, 0.6) is 5.75 Å². The van der Waals surface area contributed by atoms with E-state index in [9.17, 15) is 14.1 Å². The summed E-state index contributed by atoms with van der Waals surface area (Å²) in [5.74, 6) is -1.36. The van der Waals surface area contributed by atoms with Crippen molar-refractivity contribution in [1.29, 1.82) is 0 Å². The van der Waals surface area contributed by atoms with Crippen LogP contribution in [0.2, 0.25) is 0 Å². The highest BCUT2D eigenvalue weighted by molar-refractivity contribution is 5.95. The lowest BCUT2D eigenvalue weighted by Crippen LogP contribution is -2.39. The van der Waals surface area contributed by atoms with E-state index in [0.29, 0.717) is 48.6 Å². The molecule has 35 heavy (non-hydrogen) atoms. The molecule has 9 heteroatoms. The molecule has 0 bridgehead atoms. The molecule has 0 unspecified atom stereocenters. The van der Waals surface area contributed by atoms with Crippen molar-refractivity contribution in [2.75, 3.05) is 33.1 Å². The first-order valence-corrected chi connectivity index (χ1v) is 11.5. The zero-order chi connectivity index (χ0) is 25.0. The molecular formula is C26H29FNO7+. The third kappa shape index (κ3) is 6.89. The largest absolute Gasteiger partial charge is 0.456 e. The lowest BCUT2D eigenvalue weighted by molar-refractivity contribution is -0.184. The van der Waals surface area contributed by atoms with Crippen LogP contribution in [0.15, 0.2) is 59.0 Å². The highest BCUT2D eigenvalue weighted by Gasteiger charge is 2.19. The summed E-state index contributed by atoms with van der Waals surface area (Å²) in [6.45, 7) is 6.13. The van der Waals surface area contributed by atoms with E-state index in [-0.39, 0.29) is 13.2 Å². The Morgan fingerprint density at radius 1 is 0.971 bits per heavy atom. The summed E-state index contributed by atoms with van der Waals surface area (Å²) in [4.78, 5) is 25.7. The fraction of sp³-hybridized carbons (Fsp3) is 0.346. The number of para-hydroxylation sites is 1. The van der Waals surface area contributed by atoms with Gasteiger partial charge < -0.3 is 18.6 Å². The molecule has 1 aliphatic rings. The smallest absolute Gasteiger partial charge is 0.371 e. The van der Waals surface area contributed by atoms with Crippen LogP contribution in [0.4, 0.5) is 4.53 Å². The minimum Gasteiger partial charge on any atom is -0.456 e. The zero-order valence-corrected chi connectivity index (χ0v) is 19.8. The van der Waals surface area contributed by atoms with Crippen LogP contribution in [0.25, 0.3) is 22.1 Å². The van der Waals surface area contributed by atoms with E-state index in [1.807, 2.05) is 62.4 Å². The first-order valence-electron chi connectivity index (χ1n) is 11.5. The van der Waals surface area contributed by atoms with Gasteiger partial charge in [0, 0.05) is 10.1 Å². The summed E-state index contributed by atoms with van der Waals surface area (Å²) in [6.07, 6.45) is -0.724. The van der Waals surface area contributed by atoms with E-state index in [2.05, 4.69) is 9.52 Å². The average molecular weight is 487 g/mol. The van der Waals surface area contributed by atoms with Crippen molar-refractivity contribution in [3.05, 3.63) is 60.2 Å². The second kappa shape index (κ2) is 13.2. The summed E-state index contributed by atoms with van der Waals surface area (Å²) < 4.78 is 36.4. The SMILES string of the molecule is CC.O=C(CCC(=O)OCOc1cc(=[N+]2CCOCC2)oc2c(-c3ccccc3)cccc12)OF. The Hall–Kier alpha value is -3.72. The fourth-order valence-corrected chi connectivity index (χ4v) is 3.54. The van der Waals surface area contributed by atoms with Gasteiger partial charge in [0.1, 0.15) is 19.0 Å². The molecule has 3 aromatic rings. The highest BCUT2D eigenvalue weighted by atomic mass is 19.3. The first-order chi connectivity index (χ1) is 17.2. The molecule has 0 spiro atoms. The summed E-state index contributed by atoms with van der Waals surface area (Å²) in [7, 11) is 0. The lowest BCUT2D eigenvalue weighted by atomic mass is 10.0. The van der Waals surface area contributed by atoms with Crippen LogP contribution >= 0.6 is 0 Å². The Morgan fingerprint density at radius 2 is 1.69 bits per heavy atom. The summed E-state index contributed by atoms with van der Waals surface area (Å²) in [5.41, 5.74) is 3.14. The molecule has 1 aliphatic heterocycles. The Kier molecular flexibility index (Phi) is 9.80. The van der Waals surface area contributed by atoms with Gasteiger partial charge in [-0.3, -0.25) is 9.74 Å². The number of carbonyl (C=O) groups is 2. The second-order valence-electron chi connectivity index (χ2n) is 7.32. The fourth-order valence-electron chi connectivity index (χ4n) is 3.54. The van der Waals surface area contributed by atoms with Crippen molar-refractivity contribution < 1.29 is 37.7 Å². The van der Waals surface area contributed by atoms with Crippen LogP contribution in [0.1, 0.15) is 26.7 Å². The molecule has 1 fully saturated rings. The number of halogens is 1. The Bertz CT molecular complexity index is 1200. The highest BCUT2D eigenvalue weighted by Crippen LogP contribution is 2.32. The van der Waals surface area contributed by atoms with E-state index in [4.69, 9.17) is 18.6 Å². The van der Waals surface area contributed by atoms with Crippen molar-refractivity contribution in [1.82, 2.24) is 4.58 Å². The minimum absolute atomic E-state index is 0.311. The third-order valence-electron chi connectivity index (χ3n) is 5.20. The second-order valence-corrected chi connectivity index (χ2v) is 7.32. The number of rotatable bonds is 7. The van der Waals surface area contributed by atoms with E-state index in [1.54, 1.807) is 6.07 Å². The van der Waals surface area contributed by atoms with Gasteiger partial charge in [-0.25, -0.2) is 4.79 Å². The number of morpholine rings is 1. The van der Waals surface area contributed by atoms with Gasteiger partial charge in [0.05, 0.1) is 24.3 Å². The third-order valence-corrected chi connectivity index (χ3v) is 5.20. The topological polar surface area (TPSA) is 87.2 Å². The molecule has 2 aromatic carbocycles. The molecule has 0 saturated carbocycles. The number of carbonyl (C=O) groups excluding carboxylic acids is 2. The van der Waals surface area contributed by atoms with Crippen LogP contribution < -0.4 is 14.9 Å². The van der Waals surface area contributed by atoms with Crippen LogP contribution in [0, 0.1) is 0 Å². The van der Waals surface area contributed by atoms with Crippen LogP contribution in [0.3, 0.4) is 0 Å². The van der Waals surface area contributed by atoms with E-state index < -0.39 is 18.4 Å². The quantitative estimate of drug-likeness (QED) is 0.283. The Labute approximate surface area is 202 Å². The van der Waals surface area contributed by atoms with Gasteiger partial charge in [-0.15, -0.1) is 0 Å². The van der Waals surface area contributed by atoms with Gasteiger partial charge in [0.25, 0.3) is 0 Å². The molecule has 0 atom stereocenters. The Balaban J connectivity index is 0.00000167. The number of ether oxygens (including phenoxy) is 3. The number of esters is 1. The number of benzene rings is 2. The summed E-state index contributed by atoms with van der Waals surface area (Å²) in [5, 5.41) is 0.713. The molecule has 1 aromatic heterocycles. The summed E-state index contributed by atoms with van der Waals surface area (Å²) >= 11 is 0. The van der Waals surface area contributed by atoms with Crippen molar-refractivity contribution in [2.45, 2.75) is 26.7 Å². The van der Waals surface area contributed by atoms with Gasteiger partial charge in [-0.1, -0.05) is 56.3 Å². The molecule has 4 rings (SSSR count). The van der Waals surface area contributed by atoms with Gasteiger partial charge in [0.15, 0.2) is 18.7 Å². The molecule has 8 nitrogen and oxygen atoms in total. The van der Waals surface area contributed by atoms with Crippen LogP contribution in [-0.4, -0.2) is 45.0 Å². The monoisotopic (exact) mass is 486 g/mol. The molecule has 0 N–H and O–H groups in total. The number of nitrogens with zero attached hydrogens (tertiary/aromatic N) is 1. The maximum atomic E-state index is 11.8. The standard InChI is InChI=1S/C24H23FNO7.C2H6/c25-33-23(28)10-9-22(27)31-16-30-20-15-21(26-11-13-29-14-12-26)32-24-18(7-4-8-19(20)24)17-5-2-1-3-6-17;1-2/h1-8,15H,9-14,16H2;1-2H3/q+1;. The van der Waals surface area contributed by atoms with Gasteiger partial charge in [-0.2, -0.15) is 4.58 Å². The number of hydrogen-bond acceptors (Lipinski definition) is 7. The number of fused-ring (bicyclic) bond motifs is 1. The van der Waals surface area contributed by atoms with Crippen LogP contribution in [-0.2, 0) is 24.0 Å². The minimum atomic E-state index is -1.13. The zero-order valence-electron chi connectivity index (χ0n) is 19.8. The molecule has 0 aliphatic carbocycles. The van der Waals surface area contributed by atoms with Crippen molar-refractivity contribution >= 4 is 22.9 Å². The normalized spacial score (nSPS) is 12.9. The van der Waals surface area contributed by atoms with Crippen molar-refractivity contribution in [3.8, 4) is 16.9 Å². The van der Waals surface area contributed by atoms with Gasteiger partial charge in [-0.05, 0) is 11.6 Å². The molecule has 2 heterocycles.